The molecule has 0 fully saturated rings. The number of aromatic amines is 1. The van der Waals surface area contributed by atoms with E-state index in [1.165, 1.54) is 30.5 Å². The van der Waals surface area contributed by atoms with Crippen LogP contribution in [0.1, 0.15) is 16.1 Å². The van der Waals surface area contributed by atoms with Gasteiger partial charge in [0, 0.05) is 23.9 Å². The number of hydrogen-bond acceptors (Lipinski definition) is 4. The summed E-state index contributed by atoms with van der Waals surface area (Å²) in [5.74, 6) is -0.508. The number of hydrogen-bond donors (Lipinski definition) is 2. The highest BCUT2D eigenvalue weighted by atomic mass is 16.6. The number of benzene rings is 1. The second-order valence-corrected chi connectivity index (χ2v) is 3.63. The maximum absolute atomic E-state index is 11.7. The van der Waals surface area contributed by atoms with Gasteiger partial charge in [0.25, 0.3) is 11.6 Å². The maximum atomic E-state index is 11.7. The van der Waals surface area contributed by atoms with E-state index in [4.69, 9.17) is 0 Å². The average Bonchev–Trinajstić information content (AvgIpc) is 2.92. The van der Waals surface area contributed by atoms with Gasteiger partial charge in [-0.15, -0.1) is 0 Å². The lowest BCUT2D eigenvalue weighted by atomic mass is 10.2. The van der Waals surface area contributed by atoms with Crippen LogP contribution in [0.25, 0.3) is 0 Å². The molecule has 7 nitrogen and oxygen atoms in total. The summed E-state index contributed by atoms with van der Waals surface area (Å²) < 4.78 is 0. The van der Waals surface area contributed by atoms with Crippen molar-refractivity contribution in [3.63, 3.8) is 0 Å². The van der Waals surface area contributed by atoms with E-state index in [9.17, 15) is 14.9 Å². The first-order valence-electron chi connectivity index (χ1n) is 5.38. The normalized spacial score (nSPS) is 10.5. The standard InChI is InChI=1S/C12H10N4O3/c17-12(15-14-8-10-4-2-6-13-10)9-3-1-5-11(7-9)16(18)19/h1-8,13H,(H,15,17)/b14-8+. The summed E-state index contributed by atoms with van der Waals surface area (Å²) in [5.41, 5.74) is 3.07. The second kappa shape index (κ2) is 5.58. The lowest BCUT2D eigenvalue weighted by molar-refractivity contribution is -0.384. The van der Waals surface area contributed by atoms with Gasteiger partial charge in [0.1, 0.15) is 0 Å². The molecule has 1 aromatic heterocycles. The van der Waals surface area contributed by atoms with Crippen molar-refractivity contribution in [1.82, 2.24) is 10.4 Å². The number of nitro benzene ring substituents is 1. The molecular weight excluding hydrogens is 248 g/mol. The summed E-state index contributed by atoms with van der Waals surface area (Å²) in [6.45, 7) is 0. The molecule has 1 aromatic carbocycles. The Morgan fingerprint density at radius 2 is 2.21 bits per heavy atom. The van der Waals surface area contributed by atoms with Crippen molar-refractivity contribution in [2.24, 2.45) is 5.10 Å². The highest BCUT2D eigenvalue weighted by Crippen LogP contribution is 2.12. The van der Waals surface area contributed by atoms with Gasteiger partial charge in [-0.25, -0.2) is 5.43 Å². The Morgan fingerprint density at radius 1 is 1.37 bits per heavy atom. The zero-order valence-electron chi connectivity index (χ0n) is 9.74. The van der Waals surface area contributed by atoms with Crippen molar-refractivity contribution in [2.75, 3.05) is 0 Å². The van der Waals surface area contributed by atoms with Crippen LogP contribution in [0.2, 0.25) is 0 Å². The minimum absolute atomic E-state index is 0.138. The number of carbonyl (C=O) groups excluding carboxylic acids is 1. The van der Waals surface area contributed by atoms with E-state index in [1.807, 2.05) is 0 Å². The molecule has 0 atom stereocenters. The Balaban J connectivity index is 2.04. The molecular formula is C12H10N4O3. The fourth-order valence-electron chi connectivity index (χ4n) is 1.41. The minimum atomic E-state index is -0.557. The van der Waals surface area contributed by atoms with Crippen molar-refractivity contribution in [1.29, 1.82) is 0 Å². The van der Waals surface area contributed by atoms with Gasteiger partial charge >= 0.3 is 0 Å². The molecule has 2 rings (SSSR count). The number of carbonyl (C=O) groups is 1. The summed E-state index contributed by atoms with van der Waals surface area (Å²) in [5, 5.41) is 14.3. The molecule has 2 N–H and O–H groups in total. The third-order valence-electron chi connectivity index (χ3n) is 2.31. The summed E-state index contributed by atoms with van der Waals surface area (Å²) in [7, 11) is 0. The van der Waals surface area contributed by atoms with Crippen LogP contribution in [0.5, 0.6) is 0 Å². The Labute approximate surface area is 108 Å². The molecule has 0 radical (unpaired) electrons. The molecule has 1 amide bonds. The number of nitrogens with zero attached hydrogens (tertiary/aromatic N) is 2. The first-order valence-corrected chi connectivity index (χ1v) is 5.38. The lowest BCUT2D eigenvalue weighted by Gasteiger charge is -1.99. The van der Waals surface area contributed by atoms with Crippen LogP contribution in [0.3, 0.4) is 0 Å². The Kier molecular flexibility index (Phi) is 3.67. The summed E-state index contributed by atoms with van der Waals surface area (Å²) in [6, 6.07) is 9.01. The molecule has 19 heavy (non-hydrogen) atoms. The topological polar surface area (TPSA) is 100 Å². The predicted molar refractivity (Wildman–Crippen MR) is 68.9 cm³/mol. The number of nitrogens with one attached hydrogen (secondary N) is 2. The molecule has 0 saturated carbocycles. The van der Waals surface area contributed by atoms with Crippen LogP contribution in [0, 0.1) is 10.1 Å². The fourth-order valence-corrected chi connectivity index (χ4v) is 1.41. The van der Waals surface area contributed by atoms with Crippen molar-refractivity contribution in [3.8, 4) is 0 Å². The van der Waals surface area contributed by atoms with Gasteiger partial charge in [-0.05, 0) is 18.2 Å². The fraction of sp³-hybridized carbons (Fsp3) is 0. The first kappa shape index (κ1) is 12.5. The smallest absolute Gasteiger partial charge is 0.271 e. The maximum Gasteiger partial charge on any atom is 0.271 e. The van der Waals surface area contributed by atoms with Crippen LogP contribution in [-0.4, -0.2) is 22.0 Å². The third kappa shape index (κ3) is 3.25. The van der Waals surface area contributed by atoms with Crippen LogP contribution >= 0.6 is 0 Å². The van der Waals surface area contributed by atoms with E-state index in [2.05, 4.69) is 15.5 Å². The van der Waals surface area contributed by atoms with E-state index in [0.29, 0.717) is 0 Å². The number of nitro groups is 1. The van der Waals surface area contributed by atoms with Gasteiger partial charge in [-0.3, -0.25) is 14.9 Å². The van der Waals surface area contributed by atoms with E-state index in [-0.39, 0.29) is 11.3 Å². The van der Waals surface area contributed by atoms with Gasteiger partial charge in [-0.2, -0.15) is 5.10 Å². The summed E-state index contributed by atoms with van der Waals surface area (Å²) in [4.78, 5) is 24.6. The van der Waals surface area contributed by atoms with Gasteiger partial charge in [0.05, 0.1) is 16.8 Å². The number of hydrazone groups is 1. The van der Waals surface area contributed by atoms with Gasteiger partial charge in [-0.1, -0.05) is 6.07 Å². The van der Waals surface area contributed by atoms with Crippen molar-refractivity contribution < 1.29 is 9.72 Å². The molecule has 0 unspecified atom stereocenters. The van der Waals surface area contributed by atoms with Gasteiger partial charge < -0.3 is 4.98 Å². The molecule has 1 heterocycles. The minimum Gasteiger partial charge on any atom is -0.360 e. The van der Waals surface area contributed by atoms with Crippen molar-refractivity contribution in [3.05, 3.63) is 64.0 Å². The number of rotatable bonds is 4. The van der Waals surface area contributed by atoms with E-state index < -0.39 is 10.8 Å². The molecule has 0 aliphatic rings. The Hall–Kier alpha value is -2.96. The van der Waals surface area contributed by atoms with Crippen molar-refractivity contribution in [2.45, 2.75) is 0 Å². The highest BCUT2D eigenvalue weighted by Gasteiger charge is 2.10. The number of aromatic nitrogens is 1. The van der Waals surface area contributed by atoms with Crippen LogP contribution in [0.4, 0.5) is 5.69 Å². The quantitative estimate of drug-likeness (QED) is 0.495. The molecule has 7 heteroatoms. The molecule has 0 aliphatic heterocycles. The Morgan fingerprint density at radius 3 is 2.89 bits per heavy atom. The van der Waals surface area contributed by atoms with Crippen LogP contribution < -0.4 is 5.43 Å². The van der Waals surface area contributed by atoms with Gasteiger partial charge in [0.2, 0.25) is 0 Å². The van der Waals surface area contributed by atoms with Crippen LogP contribution in [-0.2, 0) is 0 Å². The molecule has 96 valence electrons. The molecule has 0 spiro atoms. The number of H-pyrrole nitrogens is 1. The zero-order valence-corrected chi connectivity index (χ0v) is 9.74. The molecule has 0 aliphatic carbocycles. The monoisotopic (exact) mass is 258 g/mol. The lowest BCUT2D eigenvalue weighted by Crippen LogP contribution is -2.17. The predicted octanol–water partition coefficient (Wildman–Crippen LogP) is 1.69. The number of non-ortho nitro benzene ring substituents is 1. The molecule has 2 aromatic rings. The van der Waals surface area contributed by atoms with Crippen LogP contribution in [0.15, 0.2) is 47.7 Å². The van der Waals surface area contributed by atoms with E-state index in [0.717, 1.165) is 5.69 Å². The molecule has 0 bridgehead atoms. The summed E-state index contributed by atoms with van der Waals surface area (Å²) in [6.07, 6.45) is 3.17. The zero-order chi connectivity index (χ0) is 13.7. The highest BCUT2D eigenvalue weighted by molar-refractivity contribution is 5.95. The van der Waals surface area contributed by atoms with Crippen molar-refractivity contribution >= 4 is 17.8 Å². The average molecular weight is 258 g/mol. The third-order valence-corrected chi connectivity index (χ3v) is 2.31. The molecule has 0 saturated heterocycles. The first-order chi connectivity index (χ1) is 9.16. The second-order valence-electron chi connectivity index (χ2n) is 3.63. The largest absolute Gasteiger partial charge is 0.360 e. The van der Waals surface area contributed by atoms with E-state index >= 15 is 0 Å². The van der Waals surface area contributed by atoms with E-state index in [1.54, 1.807) is 18.3 Å². The Bertz CT molecular complexity index is 620. The van der Waals surface area contributed by atoms with Gasteiger partial charge in [0.15, 0.2) is 0 Å². The summed E-state index contributed by atoms with van der Waals surface area (Å²) >= 11 is 0. The SMILES string of the molecule is O=C(N/N=C/c1ccc[nH]1)c1cccc([N+](=O)[O-])c1. The number of amides is 1.